The Kier molecular flexibility index (Phi) is 4.90. The Balaban J connectivity index is 1.46. The van der Waals surface area contributed by atoms with Crippen LogP contribution in [0.15, 0.2) is 24.3 Å². The minimum atomic E-state index is -0.471. The highest BCUT2D eigenvalue weighted by Gasteiger charge is 2.37. The Labute approximate surface area is 173 Å². The number of hydrogen-bond donors (Lipinski definition) is 1. The summed E-state index contributed by atoms with van der Waals surface area (Å²) in [5, 5.41) is 3.25. The number of benzene rings is 1. The fourth-order valence-corrected chi connectivity index (χ4v) is 4.81. The van der Waals surface area contributed by atoms with Crippen LogP contribution in [0, 0.1) is 11.3 Å². The molecule has 2 aromatic rings. The normalized spacial score (nSPS) is 20.5. The number of fused-ring (bicyclic) bond motifs is 1. The van der Waals surface area contributed by atoms with Crippen molar-refractivity contribution >= 4 is 39.8 Å². The lowest BCUT2D eigenvalue weighted by Gasteiger charge is -2.26. The van der Waals surface area contributed by atoms with Gasteiger partial charge in [0.25, 0.3) is 0 Å². The standard InChI is InChI=1S/C21H23N3O4S/c1-21(2)9-15-18(16(25)10-21)29-20(22-15)23-19(27)12-7-17(26)24(11-12)13-5-4-6-14(8-13)28-3/h4-6,8,12H,7,9-11H2,1-3H3,(H,22,23,27)/t12-/m0/s1. The molecule has 1 saturated heterocycles. The van der Waals surface area contributed by atoms with Gasteiger partial charge in [-0.05, 0) is 24.0 Å². The van der Waals surface area contributed by atoms with Crippen molar-refractivity contribution in [2.24, 2.45) is 11.3 Å². The molecule has 1 N–H and O–H groups in total. The lowest BCUT2D eigenvalue weighted by atomic mass is 9.78. The monoisotopic (exact) mass is 413 g/mol. The van der Waals surface area contributed by atoms with Gasteiger partial charge >= 0.3 is 0 Å². The molecule has 1 aromatic carbocycles. The molecule has 1 aliphatic heterocycles. The molecule has 7 nitrogen and oxygen atoms in total. The smallest absolute Gasteiger partial charge is 0.231 e. The second kappa shape index (κ2) is 7.26. The summed E-state index contributed by atoms with van der Waals surface area (Å²) in [6, 6.07) is 7.22. The summed E-state index contributed by atoms with van der Waals surface area (Å²) in [4.78, 5) is 44.3. The molecule has 8 heteroatoms. The van der Waals surface area contributed by atoms with Gasteiger partial charge in [0.2, 0.25) is 11.8 Å². The van der Waals surface area contributed by atoms with E-state index in [0.29, 0.717) is 40.8 Å². The number of hydrogen-bond acceptors (Lipinski definition) is 6. The Hall–Kier alpha value is -2.74. The highest BCUT2D eigenvalue weighted by atomic mass is 32.1. The fourth-order valence-electron chi connectivity index (χ4n) is 3.89. The van der Waals surface area contributed by atoms with E-state index in [1.807, 2.05) is 26.0 Å². The lowest BCUT2D eigenvalue weighted by molar-refractivity contribution is -0.122. The third kappa shape index (κ3) is 3.89. The molecule has 0 bridgehead atoms. The molecule has 2 heterocycles. The second-order valence-electron chi connectivity index (χ2n) is 8.33. The highest BCUT2D eigenvalue weighted by molar-refractivity contribution is 7.17. The number of nitrogens with one attached hydrogen (secondary N) is 1. The molecule has 2 amide bonds. The van der Waals surface area contributed by atoms with Crippen molar-refractivity contribution in [2.45, 2.75) is 33.1 Å². The Morgan fingerprint density at radius 2 is 2.10 bits per heavy atom. The summed E-state index contributed by atoms with van der Waals surface area (Å²) < 4.78 is 5.21. The Morgan fingerprint density at radius 3 is 2.86 bits per heavy atom. The van der Waals surface area contributed by atoms with E-state index in [4.69, 9.17) is 4.74 Å². The first kappa shape index (κ1) is 19.6. The van der Waals surface area contributed by atoms with Gasteiger partial charge in [-0.3, -0.25) is 14.4 Å². The zero-order valence-electron chi connectivity index (χ0n) is 16.7. The van der Waals surface area contributed by atoms with Crippen LogP contribution >= 0.6 is 11.3 Å². The minimum Gasteiger partial charge on any atom is -0.497 e. The van der Waals surface area contributed by atoms with E-state index >= 15 is 0 Å². The van der Waals surface area contributed by atoms with E-state index in [-0.39, 0.29) is 29.4 Å². The summed E-state index contributed by atoms with van der Waals surface area (Å²) >= 11 is 1.23. The number of thiazole rings is 1. The number of amides is 2. The number of ketones is 1. The van der Waals surface area contributed by atoms with E-state index in [9.17, 15) is 14.4 Å². The average molecular weight is 413 g/mol. The van der Waals surface area contributed by atoms with Crippen LogP contribution in [0.1, 0.15) is 42.1 Å². The second-order valence-corrected chi connectivity index (χ2v) is 9.33. The summed E-state index contributed by atoms with van der Waals surface area (Å²) in [7, 11) is 1.57. The van der Waals surface area contributed by atoms with Crippen LogP contribution in [0.5, 0.6) is 5.75 Å². The van der Waals surface area contributed by atoms with Crippen molar-refractivity contribution in [1.82, 2.24) is 4.98 Å². The van der Waals surface area contributed by atoms with Gasteiger partial charge in [-0.25, -0.2) is 4.98 Å². The largest absolute Gasteiger partial charge is 0.497 e. The van der Waals surface area contributed by atoms with Gasteiger partial charge in [0.15, 0.2) is 10.9 Å². The number of rotatable bonds is 4. The van der Waals surface area contributed by atoms with Crippen molar-refractivity contribution in [3.63, 3.8) is 0 Å². The van der Waals surface area contributed by atoms with E-state index in [1.165, 1.54) is 11.3 Å². The van der Waals surface area contributed by atoms with Crippen LogP contribution in [-0.2, 0) is 16.0 Å². The number of aromatic nitrogens is 1. The van der Waals surface area contributed by atoms with E-state index in [1.54, 1.807) is 24.1 Å². The van der Waals surface area contributed by atoms with Gasteiger partial charge in [-0.2, -0.15) is 0 Å². The van der Waals surface area contributed by atoms with Crippen molar-refractivity contribution in [3.05, 3.63) is 34.8 Å². The van der Waals surface area contributed by atoms with Gasteiger partial charge in [-0.15, -0.1) is 0 Å². The molecule has 1 aliphatic carbocycles. The van der Waals surface area contributed by atoms with Crippen LogP contribution in [-0.4, -0.2) is 36.2 Å². The van der Waals surface area contributed by atoms with Gasteiger partial charge in [0.1, 0.15) is 5.75 Å². The maximum absolute atomic E-state index is 12.7. The van der Waals surface area contributed by atoms with E-state index < -0.39 is 5.92 Å². The quantitative estimate of drug-likeness (QED) is 0.831. The first-order valence-electron chi connectivity index (χ1n) is 9.54. The molecule has 1 atom stereocenters. The highest BCUT2D eigenvalue weighted by Crippen LogP contribution is 2.38. The molecule has 29 heavy (non-hydrogen) atoms. The predicted molar refractivity (Wildman–Crippen MR) is 111 cm³/mol. The topological polar surface area (TPSA) is 88.6 Å². The summed E-state index contributed by atoms with van der Waals surface area (Å²) in [5.41, 5.74) is 1.35. The molecular formula is C21H23N3O4S. The summed E-state index contributed by atoms with van der Waals surface area (Å²) in [6.45, 7) is 4.39. The van der Waals surface area contributed by atoms with Gasteiger partial charge in [0, 0.05) is 31.1 Å². The SMILES string of the molecule is COc1cccc(N2C[C@@H](C(=O)Nc3nc4c(s3)C(=O)CC(C)(C)C4)CC2=O)c1. The number of methoxy groups -OCH3 is 1. The molecule has 4 rings (SSSR count). The predicted octanol–water partition coefficient (Wildman–Crippen LogP) is 3.30. The number of carbonyl (C=O) groups excluding carboxylic acids is 3. The van der Waals surface area contributed by atoms with Crippen LogP contribution < -0.4 is 15.0 Å². The van der Waals surface area contributed by atoms with Crippen LogP contribution in [0.25, 0.3) is 0 Å². The molecule has 1 fully saturated rings. The summed E-state index contributed by atoms with van der Waals surface area (Å²) in [5.74, 6) is -0.0873. The van der Waals surface area contributed by atoms with Crippen molar-refractivity contribution < 1.29 is 19.1 Å². The Morgan fingerprint density at radius 1 is 1.31 bits per heavy atom. The average Bonchev–Trinajstić information content (AvgIpc) is 3.24. The maximum Gasteiger partial charge on any atom is 0.231 e. The third-order valence-corrected chi connectivity index (χ3v) is 6.38. The number of ether oxygens (including phenoxy) is 1. The number of anilines is 2. The third-order valence-electron chi connectivity index (χ3n) is 5.33. The fraction of sp³-hybridized carbons (Fsp3) is 0.429. The summed E-state index contributed by atoms with van der Waals surface area (Å²) in [6.07, 6.45) is 1.34. The maximum atomic E-state index is 12.7. The molecule has 0 saturated carbocycles. The molecule has 2 aliphatic rings. The number of Topliss-reactive ketones (excluding diaryl/α,β-unsaturated/α-hetero) is 1. The zero-order chi connectivity index (χ0) is 20.8. The van der Waals surface area contributed by atoms with E-state index in [0.717, 1.165) is 5.69 Å². The molecule has 0 radical (unpaired) electrons. The van der Waals surface area contributed by atoms with Gasteiger partial charge in [-0.1, -0.05) is 31.3 Å². The number of nitrogens with zero attached hydrogens (tertiary/aromatic N) is 2. The van der Waals surface area contributed by atoms with Crippen LogP contribution in [0.3, 0.4) is 0 Å². The molecule has 152 valence electrons. The van der Waals surface area contributed by atoms with Crippen LogP contribution in [0.4, 0.5) is 10.8 Å². The lowest BCUT2D eigenvalue weighted by Crippen LogP contribution is -2.28. The first-order valence-corrected chi connectivity index (χ1v) is 10.4. The molecule has 1 aromatic heterocycles. The Bertz CT molecular complexity index is 998. The zero-order valence-corrected chi connectivity index (χ0v) is 17.5. The molecular weight excluding hydrogens is 390 g/mol. The minimum absolute atomic E-state index is 0.0782. The van der Waals surface area contributed by atoms with E-state index in [2.05, 4.69) is 10.3 Å². The van der Waals surface area contributed by atoms with Crippen LogP contribution in [0.2, 0.25) is 0 Å². The van der Waals surface area contributed by atoms with Gasteiger partial charge in [0.05, 0.1) is 23.6 Å². The molecule has 0 spiro atoms. The number of carbonyl (C=O) groups is 3. The molecule has 0 unspecified atom stereocenters. The van der Waals surface area contributed by atoms with Gasteiger partial charge < -0.3 is 15.0 Å². The van der Waals surface area contributed by atoms with Crippen molar-refractivity contribution in [2.75, 3.05) is 23.9 Å². The van der Waals surface area contributed by atoms with Crippen molar-refractivity contribution in [1.29, 1.82) is 0 Å². The van der Waals surface area contributed by atoms with Crippen molar-refractivity contribution in [3.8, 4) is 5.75 Å². The first-order chi connectivity index (χ1) is 13.8.